The van der Waals surface area contributed by atoms with Crippen LogP contribution in [0.3, 0.4) is 0 Å². The number of nitrogens with zero attached hydrogens (tertiary/aromatic N) is 1. The molecular formula is C12H15N3O4S. The minimum absolute atomic E-state index is 0.104. The lowest BCUT2D eigenvalue weighted by molar-refractivity contribution is 0.373. The SMILES string of the molecule is COc1ccc(NS(=O)(=O)c2c(C)n[nH]c2C)cc1O. The summed E-state index contributed by atoms with van der Waals surface area (Å²) in [6, 6.07) is 4.25. The highest BCUT2D eigenvalue weighted by Gasteiger charge is 2.22. The molecule has 0 saturated carbocycles. The fraction of sp³-hybridized carbons (Fsp3) is 0.250. The number of H-pyrrole nitrogens is 1. The number of nitrogens with one attached hydrogen (secondary N) is 2. The highest BCUT2D eigenvalue weighted by Crippen LogP contribution is 2.30. The molecule has 0 radical (unpaired) electrons. The Kier molecular flexibility index (Phi) is 3.58. The van der Waals surface area contributed by atoms with E-state index in [1.54, 1.807) is 13.8 Å². The van der Waals surface area contributed by atoms with Crippen LogP contribution >= 0.6 is 0 Å². The maximum atomic E-state index is 12.3. The molecule has 2 rings (SSSR count). The Labute approximate surface area is 116 Å². The van der Waals surface area contributed by atoms with Crippen LogP contribution in [0.25, 0.3) is 0 Å². The Balaban J connectivity index is 2.36. The van der Waals surface area contributed by atoms with Crippen LogP contribution in [0.4, 0.5) is 5.69 Å². The molecule has 0 amide bonds. The standard InChI is InChI=1S/C12H15N3O4S/c1-7-12(8(2)14-13-7)20(17,18)15-9-4-5-11(19-3)10(16)6-9/h4-6,15-16H,1-3H3,(H,13,14). The second kappa shape index (κ2) is 5.04. The largest absolute Gasteiger partial charge is 0.504 e. The zero-order chi connectivity index (χ0) is 14.9. The summed E-state index contributed by atoms with van der Waals surface area (Å²) in [6.07, 6.45) is 0. The number of rotatable bonds is 4. The van der Waals surface area contributed by atoms with Crippen LogP contribution in [0.2, 0.25) is 0 Å². The average Bonchev–Trinajstić information content (AvgIpc) is 2.69. The van der Waals surface area contributed by atoms with Gasteiger partial charge in [0.25, 0.3) is 10.0 Å². The third-order valence-corrected chi connectivity index (χ3v) is 4.40. The van der Waals surface area contributed by atoms with Crippen LogP contribution in [0.5, 0.6) is 11.5 Å². The van der Waals surface area contributed by atoms with Crippen molar-refractivity contribution >= 4 is 15.7 Å². The molecule has 0 aliphatic carbocycles. The number of hydrogen-bond acceptors (Lipinski definition) is 5. The van der Waals surface area contributed by atoms with Gasteiger partial charge in [0.15, 0.2) is 11.5 Å². The van der Waals surface area contributed by atoms with Crippen LogP contribution in [-0.4, -0.2) is 30.8 Å². The first-order valence-corrected chi connectivity index (χ1v) is 7.25. The highest BCUT2D eigenvalue weighted by molar-refractivity contribution is 7.92. The van der Waals surface area contributed by atoms with Crippen molar-refractivity contribution in [3.05, 3.63) is 29.6 Å². The molecule has 0 aliphatic heterocycles. The van der Waals surface area contributed by atoms with E-state index in [0.29, 0.717) is 11.4 Å². The molecule has 1 aromatic heterocycles. The zero-order valence-corrected chi connectivity index (χ0v) is 12.1. The third-order valence-electron chi connectivity index (χ3n) is 2.76. The number of methoxy groups -OCH3 is 1. The summed E-state index contributed by atoms with van der Waals surface area (Å²) in [7, 11) is -2.35. The Morgan fingerprint density at radius 1 is 1.35 bits per heavy atom. The van der Waals surface area contributed by atoms with Gasteiger partial charge in [0.05, 0.1) is 24.2 Å². The minimum atomic E-state index is -3.76. The number of benzene rings is 1. The molecule has 0 bridgehead atoms. The van der Waals surface area contributed by atoms with Crippen molar-refractivity contribution in [1.29, 1.82) is 0 Å². The molecule has 7 nitrogen and oxygen atoms in total. The van der Waals surface area contributed by atoms with Crippen molar-refractivity contribution in [2.24, 2.45) is 0 Å². The van der Waals surface area contributed by atoms with Crippen molar-refractivity contribution in [2.75, 3.05) is 11.8 Å². The fourth-order valence-corrected chi connectivity index (χ4v) is 3.32. The maximum absolute atomic E-state index is 12.3. The van der Waals surface area contributed by atoms with Gasteiger partial charge in [0.2, 0.25) is 0 Å². The quantitative estimate of drug-likeness (QED) is 0.794. The van der Waals surface area contributed by atoms with Crippen LogP contribution in [0.15, 0.2) is 23.1 Å². The van der Waals surface area contributed by atoms with Gasteiger partial charge in [-0.1, -0.05) is 0 Å². The van der Waals surface area contributed by atoms with Gasteiger partial charge in [-0.05, 0) is 26.0 Å². The molecule has 20 heavy (non-hydrogen) atoms. The number of aromatic hydroxyl groups is 1. The zero-order valence-electron chi connectivity index (χ0n) is 11.3. The molecule has 0 spiro atoms. The second-order valence-electron chi connectivity index (χ2n) is 4.26. The summed E-state index contributed by atoms with van der Waals surface area (Å²) in [6.45, 7) is 3.23. The van der Waals surface area contributed by atoms with Crippen LogP contribution in [0.1, 0.15) is 11.4 Å². The Morgan fingerprint density at radius 3 is 2.55 bits per heavy atom. The van der Waals surface area contributed by atoms with Gasteiger partial charge in [-0.25, -0.2) is 8.42 Å². The van der Waals surface area contributed by atoms with Crippen molar-refractivity contribution in [2.45, 2.75) is 18.7 Å². The molecule has 3 N–H and O–H groups in total. The summed E-state index contributed by atoms with van der Waals surface area (Å²) in [5, 5.41) is 16.1. The number of sulfonamides is 1. The summed E-state index contributed by atoms with van der Waals surface area (Å²) in [5.74, 6) is 0.122. The molecule has 8 heteroatoms. The number of phenolic OH excluding ortho intramolecular Hbond substituents is 1. The highest BCUT2D eigenvalue weighted by atomic mass is 32.2. The number of aryl methyl sites for hydroxylation is 2. The number of aromatic amines is 1. The average molecular weight is 297 g/mol. The van der Waals surface area contributed by atoms with Crippen molar-refractivity contribution in [3.8, 4) is 11.5 Å². The Morgan fingerprint density at radius 2 is 2.05 bits per heavy atom. The minimum Gasteiger partial charge on any atom is -0.504 e. The molecule has 0 fully saturated rings. The third kappa shape index (κ3) is 2.55. The summed E-state index contributed by atoms with van der Waals surface area (Å²) in [4.78, 5) is 0.104. The number of aromatic nitrogens is 2. The van der Waals surface area contributed by atoms with Crippen molar-refractivity contribution in [3.63, 3.8) is 0 Å². The van der Waals surface area contributed by atoms with E-state index >= 15 is 0 Å². The molecular weight excluding hydrogens is 282 g/mol. The van der Waals surface area contributed by atoms with Gasteiger partial charge < -0.3 is 9.84 Å². The van der Waals surface area contributed by atoms with Gasteiger partial charge in [0.1, 0.15) is 4.90 Å². The molecule has 0 saturated heterocycles. The van der Waals surface area contributed by atoms with E-state index in [1.807, 2.05) is 0 Å². The molecule has 1 aromatic carbocycles. The molecule has 0 aliphatic rings. The molecule has 2 aromatic rings. The fourth-order valence-electron chi connectivity index (χ4n) is 1.90. The monoisotopic (exact) mass is 297 g/mol. The molecule has 108 valence electrons. The van der Waals surface area contributed by atoms with Gasteiger partial charge in [-0.2, -0.15) is 5.10 Å². The van der Waals surface area contributed by atoms with Gasteiger partial charge >= 0.3 is 0 Å². The number of hydrogen-bond donors (Lipinski definition) is 3. The Bertz CT molecular complexity index is 718. The van der Waals surface area contributed by atoms with E-state index in [1.165, 1.54) is 25.3 Å². The van der Waals surface area contributed by atoms with Gasteiger partial charge in [0, 0.05) is 6.07 Å². The molecule has 0 atom stereocenters. The van der Waals surface area contributed by atoms with Crippen LogP contribution < -0.4 is 9.46 Å². The van der Waals surface area contributed by atoms with E-state index in [9.17, 15) is 13.5 Å². The van der Waals surface area contributed by atoms with E-state index < -0.39 is 10.0 Å². The lowest BCUT2D eigenvalue weighted by Gasteiger charge is -2.10. The number of ether oxygens (including phenoxy) is 1. The van der Waals surface area contributed by atoms with Crippen molar-refractivity contribution in [1.82, 2.24) is 10.2 Å². The second-order valence-corrected chi connectivity index (χ2v) is 5.87. The van der Waals surface area contributed by atoms with Gasteiger partial charge in [-0.3, -0.25) is 9.82 Å². The topological polar surface area (TPSA) is 104 Å². The summed E-state index contributed by atoms with van der Waals surface area (Å²) < 4.78 is 31.9. The Hall–Kier alpha value is -2.22. The normalized spacial score (nSPS) is 11.3. The van der Waals surface area contributed by atoms with Crippen molar-refractivity contribution < 1.29 is 18.3 Å². The van der Waals surface area contributed by atoms with E-state index in [2.05, 4.69) is 14.9 Å². The van der Waals surface area contributed by atoms with Crippen LogP contribution in [0, 0.1) is 13.8 Å². The lowest BCUT2D eigenvalue weighted by Crippen LogP contribution is -2.14. The maximum Gasteiger partial charge on any atom is 0.265 e. The number of phenols is 1. The van der Waals surface area contributed by atoms with E-state index in [-0.39, 0.29) is 22.1 Å². The first-order chi connectivity index (χ1) is 9.35. The van der Waals surface area contributed by atoms with E-state index in [4.69, 9.17) is 4.74 Å². The smallest absolute Gasteiger partial charge is 0.265 e. The molecule has 1 heterocycles. The van der Waals surface area contributed by atoms with Gasteiger partial charge in [-0.15, -0.1) is 0 Å². The summed E-state index contributed by atoms with van der Waals surface area (Å²) >= 11 is 0. The first-order valence-electron chi connectivity index (χ1n) is 5.76. The molecule has 0 unspecified atom stereocenters. The number of anilines is 1. The predicted octanol–water partition coefficient (Wildman–Crippen LogP) is 1.54. The first kappa shape index (κ1) is 14.2. The van der Waals surface area contributed by atoms with E-state index in [0.717, 1.165) is 0 Å². The van der Waals surface area contributed by atoms with Crippen LogP contribution in [-0.2, 0) is 10.0 Å². The predicted molar refractivity (Wildman–Crippen MR) is 73.5 cm³/mol. The summed E-state index contributed by atoms with van der Waals surface area (Å²) in [5.41, 5.74) is 1.07. The lowest BCUT2D eigenvalue weighted by atomic mass is 10.3.